The Hall–Kier alpha value is -5.02. The molecule has 3 aliphatic rings. The summed E-state index contributed by atoms with van der Waals surface area (Å²) >= 11 is 0. The molecular formula is C41H31BN2. The molecule has 7 aromatic rings. The molecule has 0 bridgehead atoms. The topological polar surface area (TPSA) is 9.86 Å². The Morgan fingerprint density at radius 1 is 0.705 bits per heavy atom. The number of rotatable bonds is 2. The fourth-order valence-electron chi connectivity index (χ4n) is 8.75. The molecule has 5 aromatic carbocycles. The van der Waals surface area contributed by atoms with Crippen molar-refractivity contribution in [1.82, 2.24) is 9.13 Å². The molecule has 4 heterocycles. The van der Waals surface area contributed by atoms with Crippen molar-refractivity contribution in [3.63, 3.8) is 0 Å². The summed E-state index contributed by atoms with van der Waals surface area (Å²) < 4.78 is 5.01. The highest BCUT2D eigenvalue weighted by Crippen LogP contribution is 2.37. The van der Waals surface area contributed by atoms with Crippen LogP contribution in [0.1, 0.15) is 40.1 Å². The zero-order valence-corrected chi connectivity index (χ0v) is 25.1. The summed E-state index contributed by atoms with van der Waals surface area (Å²) in [6.07, 6.45) is 7.81. The van der Waals surface area contributed by atoms with Gasteiger partial charge in [-0.25, -0.2) is 0 Å². The fourth-order valence-corrected chi connectivity index (χ4v) is 8.75. The molecule has 208 valence electrons. The summed E-state index contributed by atoms with van der Waals surface area (Å²) in [6.45, 7) is 4.80. The molecule has 3 heteroatoms. The van der Waals surface area contributed by atoms with E-state index in [9.17, 15) is 0 Å². The standard InChI is InChI=1S/C41H31BN2/c1-25-26(2)43-39-22-8-12-28-24-34-31(17-10-18-35(34)42(40(28)39)36-19-9-16-30(25)41(36)43)27-11-7-13-29(23-27)44-37-20-5-3-14-32(37)33-15-4-6-21-38(33)44/h3,5-14,16-23H,4,15,24H2,1-2H3. The molecule has 0 amide bonds. The molecule has 1 aliphatic carbocycles. The van der Waals surface area contributed by atoms with Crippen LogP contribution in [0.15, 0.2) is 109 Å². The molecule has 0 N–H and O–H groups in total. The van der Waals surface area contributed by atoms with Crippen molar-refractivity contribution in [2.75, 3.05) is 0 Å². The maximum Gasteiger partial charge on any atom is 0.247 e. The molecule has 2 aliphatic heterocycles. The predicted octanol–water partition coefficient (Wildman–Crippen LogP) is 7.55. The predicted molar refractivity (Wildman–Crippen MR) is 186 cm³/mol. The number of allylic oxidation sites excluding steroid dienone is 1. The summed E-state index contributed by atoms with van der Waals surface area (Å²) in [5.41, 5.74) is 20.7. The minimum atomic E-state index is 0.239. The average molecular weight is 563 g/mol. The van der Waals surface area contributed by atoms with Gasteiger partial charge in [0.2, 0.25) is 6.71 Å². The van der Waals surface area contributed by atoms with Crippen molar-refractivity contribution >= 4 is 51.0 Å². The van der Waals surface area contributed by atoms with E-state index in [1.807, 2.05) is 0 Å². The van der Waals surface area contributed by atoms with Crippen LogP contribution in [0.5, 0.6) is 0 Å². The lowest BCUT2D eigenvalue weighted by molar-refractivity contribution is 0.967. The minimum Gasteiger partial charge on any atom is -0.315 e. The first-order valence-electron chi connectivity index (χ1n) is 15.9. The van der Waals surface area contributed by atoms with Gasteiger partial charge in [0.15, 0.2) is 0 Å². The second kappa shape index (κ2) is 8.77. The Morgan fingerprint density at radius 3 is 2.48 bits per heavy atom. The molecule has 2 nitrogen and oxygen atoms in total. The molecule has 0 saturated carbocycles. The normalized spacial score (nSPS) is 14.2. The third kappa shape index (κ3) is 3.07. The van der Waals surface area contributed by atoms with Gasteiger partial charge < -0.3 is 9.13 Å². The number of aryl methyl sites for hydroxylation is 2. The van der Waals surface area contributed by atoms with Gasteiger partial charge in [0, 0.05) is 39.1 Å². The fraction of sp³-hybridized carbons (Fsp3) is 0.122. The molecule has 0 spiro atoms. The van der Waals surface area contributed by atoms with E-state index in [4.69, 9.17) is 0 Å². The van der Waals surface area contributed by atoms with Gasteiger partial charge in [-0.15, -0.1) is 0 Å². The Labute approximate surface area is 258 Å². The SMILES string of the molecule is Cc1c(C)n2c3c(cccc13)B1c3cccc(-c4cccc(-n5c6c(c7ccccc75)CCC=C6)c4)c3Cc3cccc-2c31. The van der Waals surface area contributed by atoms with Gasteiger partial charge >= 0.3 is 0 Å². The average Bonchev–Trinajstić information content (AvgIpc) is 3.54. The number of para-hydroxylation sites is 2. The summed E-state index contributed by atoms with van der Waals surface area (Å²) in [4.78, 5) is 0. The van der Waals surface area contributed by atoms with Crippen molar-refractivity contribution in [2.45, 2.75) is 33.1 Å². The van der Waals surface area contributed by atoms with Crippen molar-refractivity contribution in [1.29, 1.82) is 0 Å². The Kier molecular flexibility index (Phi) is 4.87. The Balaban J connectivity index is 1.20. The van der Waals surface area contributed by atoms with Crippen LogP contribution in [0.4, 0.5) is 0 Å². The Morgan fingerprint density at radius 2 is 1.52 bits per heavy atom. The number of hydrogen-bond donors (Lipinski definition) is 0. The molecule has 44 heavy (non-hydrogen) atoms. The highest BCUT2D eigenvalue weighted by molar-refractivity contribution is 6.98. The van der Waals surface area contributed by atoms with Gasteiger partial charge in [-0.2, -0.15) is 0 Å². The maximum atomic E-state index is 2.53. The quantitative estimate of drug-likeness (QED) is 0.193. The monoisotopic (exact) mass is 562 g/mol. The van der Waals surface area contributed by atoms with Crippen LogP contribution in [-0.2, 0) is 12.8 Å². The number of fused-ring (bicyclic) bond motifs is 7. The molecule has 0 atom stereocenters. The van der Waals surface area contributed by atoms with E-state index in [0.29, 0.717) is 0 Å². The first-order chi connectivity index (χ1) is 21.7. The second-order valence-corrected chi connectivity index (χ2v) is 12.8. The summed E-state index contributed by atoms with van der Waals surface area (Å²) in [7, 11) is 0. The summed E-state index contributed by atoms with van der Waals surface area (Å²) in [5.74, 6) is 0. The van der Waals surface area contributed by atoms with Crippen LogP contribution in [0, 0.1) is 13.8 Å². The number of nitrogens with zero attached hydrogens (tertiary/aromatic N) is 2. The van der Waals surface area contributed by atoms with Gasteiger partial charge in [0.05, 0.1) is 5.52 Å². The van der Waals surface area contributed by atoms with Crippen molar-refractivity contribution in [3.8, 4) is 22.5 Å². The second-order valence-electron chi connectivity index (χ2n) is 12.8. The van der Waals surface area contributed by atoms with E-state index in [-0.39, 0.29) is 6.71 Å². The van der Waals surface area contributed by atoms with Gasteiger partial charge in [-0.3, -0.25) is 0 Å². The van der Waals surface area contributed by atoms with E-state index in [1.54, 1.807) is 0 Å². The highest BCUT2D eigenvalue weighted by atomic mass is 15.0. The zero-order valence-electron chi connectivity index (χ0n) is 25.1. The van der Waals surface area contributed by atoms with Crippen molar-refractivity contribution in [3.05, 3.63) is 143 Å². The zero-order chi connectivity index (χ0) is 29.1. The maximum absolute atomic E-state index is 2.53. The molecule has 0 unspecified atom stereocenters. The number of hydrogen-bond acceptors (Lipinski definition) is 0. The first-order valence-corrected chi connectivity index (χ1v) is 15.9. The lowest BCUT2D eigenvalue weighted by Crippen LogP contribution is -2.60. The number of benzene rings is 5. The van der Waals surface area contributed by atoms with Gasteiger partial charge in [0.1, 0.15) is 0 Å². The minimum absolute atomic E-state index is 0.239. The van der Waals surface area contributed by atoms with Gasteiger partial charge in [-0.05, 0) is 108 Å². The van der Waals surface area contributed by atoms with Crippen molar-refractivity contribution < 1.29 is 0 Å². The molecule has 10 rings (SSSR count). The van der Waals surface area contributed by atoms with Crippen LogP contribution >= 0.6 is 0 Å². The van der Waals surface area contributed by atoms with Gasteiger partial charge in [-0.1, -0.05) is 90.4 Å². The van der Waals surface area contributed by atoms with Crippen molar-refractivity contribution in [2.24, 2.45) is 0 Å². The van der Waals surface area contributed by atoms with E-state index in [0.717, 1.165) is 19.3 Å². The van der Waals surface area contributed by atoms with Crippen LogP contribution < -0.4 is 16.4 Å². The molecule has 2 aromatic heterocycles. The largest absolute Gasteiger partial charge is 0.315 e. The van der Waals surface area contributed by atoms with E-state index < -0.39 is 0 Å². The van der Waals surface area contributed by atoms with E-state index in [1.165, 1.54) is 94.3 Å². The van der Waals surface area contributed by atoms with E-state index >= 15 is 0 Å². The Bertz CT molecular complexity index is 2400. The molecule has 0 radical (unpaired) electrons. The lowest BCUT2D eigenvalue weighted by Gasteiger charge is -2.34. The van der Waals surface area contributed by atoms with Crippen LogP contribution in [-0.4, -0.2) is 15.8 Å². The smallest absolute Gasteiger partial charge is 0.247 e. The molecule has 0 saturated heterocycles. The summed E-state index contributed by atoms with van der Waals surface area (Å²) in [6, 6.07) is 39.1. The van der Waals surface area contributed by atoms with E-state index in [2.05, 4.69) is 138 Å². The molecular weight excluding hydrogens is 531 g/mol. The first kappa shape index (κ1) is 24.4. The third-order valence-corrected chi connectivity index (χ3v) is 10.7. The highest BCUT2D eigenvalue weighted by Gasteiger charge is 2.39. The number of aromatic nitrogens is 2. The van der Waals surface area contributed by atoms with Crippen LogP contribution in [0.2, 0.25) is 0 Å². The molecule has 0 fully saturated rings. The lowest BCUT2D eigenvalue weighted by atomic mass is 9.32. The van der Waals surface area contributed by atoms with Crippen LogP contribution in [0.3, 0.4) is 0 Å². The third-order valence-electron chi connectivity index (χ3n) is 10.7. The summed E-state index contributed by atoms with van der Waals surface area (Å²) in [5, 5.41) is 2.76. The van der Waals surface area contributed by atoms with Crippen LogP contribution in [0.25, 0.3) is 50.4 Å². The van der Waals surface area contributed by atoms with Gasteiger partial charge in [0.25, 0.3) is 0 Å².